The van der Waals surface area contributed by atoms with E-state index in [9.17, 15) is 4.79 Å². The number of benzene rings is 2. The lowest BCUT2D eigenvalue weighted by Crippen LogP contribution is -2.00. The van der Waals surface area contributed by atoms with Crippen molar-refractivity contribution in [3.63, 3.8) is 0 Å². The predicted molar refractivity (Wildman–Crippen MR) is 82.9 cm³/mol. The van der Waals surface area contributed by atoms with Gasteiger partial charge in [0.1, 0.15) is 0 Å². The molecule has 0 atom stereocenters. The highest BCUT2D eigenvalue weighted by Gasteiger charge is 2.06. The highest BCUT2D eigenvalue weighted by molar-refractivity contribution is 7.80. The average molecular weight is 273 g/mol. The fourth-order valence-electron chi connectivity index (χ4n) is 1.37. The van der Waals surface area contributed by atoms with Gasteiger partial charge < -0.3 is 5.73 Å². The summed E-state index contributed by atoms with van der Waals surface area (Å²) in [6.45, 7) is 2.88. The zero-order valence-corrected chi connectivity index (χ0v) is 11.9. The molecular formula is C16H19NOS. The van der Waals surface area contributed by atoms with Crippen molar-refractivity contribution in [1.82, 2.24) is 0 Å². The third-order valence-corrected chi connectivity index (χ3v) is 2.75. The summed E-state index contributed by atoms with van der Waals surface area (Å²) in [4.78, 5) is 12.8. The van der Waals surface area contributed by atoms with E-state index < -0.39 is 0 Å². The summed E-state index contributed by atoms with van der Waals surface area (Å²) in [5.41, 5.74) is 6.43. The second-order valence-electron chi connectivity index (χ2n) is 4.03. The Labute approximate surface area is 120 Å². The number of ketones is 1. The van der Waals surface area contributed by atoms with Gasteiger partial charge in [0.25, 0.3) is 0 Å². The maximum atomic E-state index is 11.9. The first kappa shape index (κ1) is 15.5. The van der Waals surface area contributed by atoms with Crippen molar-refractivity contribution in [2.75, 3.05) is 6.54 Å². The van der Waals surface area contributed by atoms with E-state index in [-0.39, 0.29) is 5.78 Å². The summed E-state index contributed by atoms with van der Waals surface area (Å²) in [5.74, 6) is 0.0453. The Morgan fingerprint density at radius 1 is 1.00 bits per heavy atom. The van der Waals surface area contributed by atoms with Crippen LogP contribution in [0.15, 0.2) is 59.5 Å². The van der Waals surface area contributed by atoms with Gasteiger partial charge >= 0.3 is 0 Å². The minimum Gasteiger partial charge on any atom is -0.330 e. The highest BCUT2D eigenvalue weighted by Crippen LogP contribution is 2.12. The lowest BCUT2D eigenvalue weighted by molar-refractivity contribution is 0.103. The van der Waals surface area contributed by atoms with Gasteiger partial charge in [-0.25, -0.2) is 0 Å². The lowest BCUT2D eigenvalue weighted by atomic mass is 10.0. The quantitative estimate of drug-likeness (QED) is 0.663. The third-order valence-electron chi connectivity index (χ3n) is 2.45. The summed E-state index contributed by atoms with van der Waals surface area (Å²) in [6, 6.07) is 16.5. The van der Waals surface area contributed by atoms with Gasteiger partial charge in [0, 0.05) is 16.0 Å². The van der Waals surface area contributed by atoms with Gasteiger partial charge in [-0.3, -0.25) is 4.79 Å². The van der Waals surface area contributed by atoms with Gasteiger partial charge in [-0.05, 0) is 37.2 Å². The monoisotopic (exact) mass is 273 g/mol. The molecule has 0 bridgehead atoms. The Bertz CT molecular complexity index is 492. The molecule has 2 rings (SSSR count). The van der Waals surface area contributed by atoms with Gasteiger partial charge in [-0.1, -0.05) is 37.3 Å². The summed E-state index contributed by atoms with van der Waals surface area (Å²) in [6.07, 6.45) is 1.10. The Hall–Kier alpha value is -1.58. The van der Waals surface area contributed by atoms with E-state index in [1.807, 2.05) is 42.5 Å². The SMILES string of the molecule is CCCN.O=C(c1ccccc1)c1ccc(S)cc1. The second kappa shape index (κ2) is 8.51. The third kappa shape index (κ3) is 5.28. The molecule has 0 saturated carbocycles. The fraction of sp³-hybridized carbons (Fsp3) is 0.188. The molecule has 2 N–H and O–H groups in total. The lowest BCUT2D eigenvalue weighted by Gasteiger charge is -2.00. The van der Waals surface area contributed by atoms with Crippen LogP contribution in [0.25, 0.3) is 0 Å². The van der Waals surface area contributed by atoms with Crippen molar-refractivity contribution in [2.24, 2.45) is 5.73 Å². The van der Waals surface area contributed by atoms with Crippen molar-refractivity contribution in [3.8, 4) is 0 Å². The molecule has 0 unspecified atom stereocenters. The van der Waals surface area contributed by atoms with E-state index in [4.69, 9.17) is 5.73 Å². The topological polar surface area (TPSA) is 43.1 Å². The summed E-state index contributed by atoms with van der Waals surface area (Å²) in [5, 5.41) is 0. The van der Waals surface area contributed by atoms with Crippen LogP contribution >= 0.6 is 12.6 Å². The standard InChI is InChI=1S/C13H10OS.C3H9N/c14-13(10-4-2-1-3-5-10)11-6-8-12(15)9-7-11;1-2-3-4/h1-9,15H;2-4H2,1H3. The summed E-state index contributed by atoms with van der Waals surface area (Å²) < 4.78 is 0. The first-order valence-corrected chi connectivity index (χ1v) is 6.72. The van der Waals surface area contributed by atoms with Crippen molar-refractivity contribution in [1.29, 1.82) is 0 Å². The molecule has 2 aromatic rings. The number of carbonyl (C=O) groups excluding carboxylic acids is 1. The smallest absolute Gasteiger partial charge is 0.193 e. The Morgan fingerprint density at radius 2 is 1.47 bits per heavy atom. The van der Waals surface area contributed by atoms with Gasteiger partial charge in [0.2, 0.25) is 0 Å². The minimum absolute atomic E-state index is 0.0453. The zero-order valence-electron chi connectivity index (χ0n) is 11.0. The van der Waals surface area contributed by atoms with Crippen molar-refractivity contribution >= 4 is 18.4 Å². The molecule has 2 nitrogen and oxygen atoms in total. The summed E-state index contributed by atoms with van der Waals surface area (Å²) >= 11 is 4.18. The number of carbonyl (C=O) groups is 1. The van der Waals surface area contributed by atoms with E-state index in [1.165, 1.54) is 0 Å². The fourth-order valence-corrected chi connectivity index (χ4v) is 1.52. The van der Waals surface area contributed by atoms with Crippen molar-refractivity contribution in [3.05, 3.63) is 65.7 Å². The van der Waals surface area contributed by atoms with Crippen molar-refractivity contribution in [2.45, 2.75) is 18.2 Å². The second-order valence-corrected chi connectivity index (χ2v) is 4.55. The van der Waals surface area contributed by atoms with Crippen LogP contribution in [-0.2, 0) is 0 Å². The molecule has 0 radical (unpaired) electrons. The van der Waals surface area contributed by atoms with E-state index in [1.54, 1.807) is 12.1 Å². The molecule has 0 aliphatic carbocycles. The molecule has 0 heterocycles. The number of rotatable bonds is 3. The van der Waals surface area contributed by atoms with E-state index in [0.717, 1.165) is 17.9 Å². The highest BCUT2D eigenvalue weighted by atomic mass is 32.1. The molecule has 3 heteroatoms. The van der Waals surface area contributed by atoms with Crippen LogP contribution in [0.4, 0.5) is 0 Å². The first-order valence-electron chi connectivity index (χ1n) is 6.28. The normalized spacial score (nSPS) is 9.42. The van der Waals surface area contributed by atoms with Crippen LogP contribution in [0.1, 0.15) is 29.3 Å². The summed E-state index contributed by atoms with van der Waals surface area (Å²) in [7, 11) is 0. The number of thiol groups is 1. The predicted octanol–water partition coefficient (Wildman–Crippen LogP) is 3.56. The number of hydrogen-bond donors (Lipinski definition) is 2. The molecule has 0 amide bonds. The van der Waals surface area contributed by atoms with Crippen LogP contribution in [0, 0.1) is 0 Å². The largest absolute Gasteiger partial charge is 0.330 e. The Balaban J connectivity index is 0.000000399. The molecule has 0 aliphatic heterocycles. The average Bonchev–Trinajstić information content (AvgIpc) is 2.48. The molecule has 100 valence electrons. The maximum Gasteiger partial charge on any atom is 0.193 e. The Morgan fingerprint density at radius 3 is 1.95 bits per heavy atom. The Kier molecular flexibility index (Phi) is 6.93. The number of hydrogen-bond acceptors (Lipinski definition) is 3. The number of nitrogens with two attached hydrogens (primary N) is 1. The molecule has 0 saturated heterocycles. The molecule has 0 aliphatic rings. The van der Waals surface area contributed by atoms with E-state index in [0.29, 0.717) is 11.1 Å². The van der Waals surface area contributed by atoms with Crippen LogP contribution in [0.2, 0.25) is 0 Å². The van der Waals surface area contributed by atoms with Crippen LogP contribution in [-0.4, -0.2) is 12.3 Å². The molecule has 2 aromatic carbocycles. The van der Waals surface area contributed by atoms with Crippen LogP contribution in [0.3, 0.4) is 0 Å². The van der Waals surface area contributed by atoms with Crippen molar-refractivity contribution < 1.29 is 4.79 Å². The molecule has 19 heavy (non-hydrogen) atoms. The minimum atomic E-state index is 0.0453. The molecule has 0 spiro atoms. The molecule has 0 aromatic heterocycles. The molecule has 0 fully saturated rings. The van der Waals surface area contributed by atoms with Gasteiger partial charge in [0.05, 0.1) is 0 Å². The maximum absolute atomic E-state index is 11.9. The van der Waals surface area contributed by atoms with Gasteiger partial charge in [-0.15, -0.1) is 12.6 Å². The van der Waals surface area contributed by atoms with Crippen LogP contribution in [0.5, 0.6) is 0 Å². The zero-order chi connectivity index (χ0) is 14.1. The molecular weight excluding hydrogens is 254 g/mol. The van der Waals surface area contributed by atoms with Crippen LogP contribution < -0.4 is 5.73 Å². The van der Waals surface area contributed by atoms with E-state index >= 15 is 0 Å². The van der Waals surface area contributed by atoms with Gasteiger partial charge in [-0.2, -0.15) is 0 Å². The first-order chi connectivity index (χ1) is 9.19. The van der Waals surface area contributed by atoms with E-state index in [2.05, 4.69) is 19.6 Å². The van der Waals surface area contributed by atoms with Gasteiger partial charge in [0.15, 0.2) is 5.78 Å².